The van der Waals surface area contributed by atoms with E-state index in [-0.39, 0.29) is 12.5 Å². The normalized spacial score (nSPS) is 10.2. The highest BCUT2D eigenvalue weighted by Gasteiger charge is 2.04. The zero-order chi connectivity index (χ0) is 12.1. The van der Waals surface area contributed by atoms with Crippen molar-refractivity contribution < 1.29 is 9.53 Å². The Kier molecular flexibility index (Phi) is 3.41. The summed E-state index contributed by atoms with van der Waals surface area (Å²) in [6.07, 6.45) is 4.76. The van der Waals surface area contributed by atoms with Gasteiger partial charge in [0.05, 0.1) is 0 Å². The molecule has 0 bridgehead atoms. The third-order valence-electron chi connectivity index (χ3n) is 1.93. The molecule has 0 aliphatic carbocycles. The summed E-state index contributed by atoms with van der Waals surface area (Å²) in [6, 6.07) is 3.41. The van der Waals surface area contributed by atoms with Crippen LogP contribution in [0.15, 0.2) is 30.9 Å². The topological polar surface area (TPSA) is 81.9 Å². The fourth-order valence-corrected chi connectivity index (χ4v) is 1.26. The first-order valence-electron chi connectivity index (χ1n) is 4.90. The van der Waals surface area contributed by atoms with E-state index in [9.17, 15) is 4.79 Å². The van der Waals surface area contributed by atoms with Gasteiger partial charge in [-0.1, -0.05) is 0 Å². The molecule has 0 aliphatic heterocycles. The molecule has 0 unspecified atom stereocenters. The van der Waals surface area contributed by atoms with E-state index in [0.717, 1.165) is 0 Å². The summed E-state index contributed by atoms with van der Waals surface area (Å²) in [6.45, 7) is -0.0128. The van der Waals surface area contributed by atoms with Gasteiger partial charge in [-0.25, -0.2) is 14.6 Å². The average molecular weight is 233 g/mol. The summed E-state index contributed by atoms with van der Waals surface area (Å²) in [5.74, 6) is 0.725. The Morgan fingerprint density at radius 3 is 3.12 bits per heavy atom. The van der Waals surface area contributed by atoms with Crippen LogP contribution in [-0.2, 0) is 9.53 Å². The molecule has 2 aromatic heterocycles. The maximum absolute atomic E-state index is 11.3. The molecule has 2 aromatic rings. The molecule has 0 fully saturated rings. The zero-order valence-electron chi connectivity index (χ0n) is 9.20. The predicted octanol–water partition coefficient (Wildman–Crippen LogP) is 0.247. The first-order valence-corrected chi connectivity index (χ1v) is 4.90. The number of nitrogens with zero attached hydrogens (tertiary/aromatic N) is 4. The second kappa shape index (κ2) is 5.17. The number of aromatic nitrogens is 4. The van der Waals surface area contributed by atoms with E-state index < -0.39 is 0 Å². The quantitative estimate of drug-likeness (QED) is 0.818. The predicted molar refractivity (Wildman–Crippen MR) is 59.7 cm³/mol. The van der Waals surface area contributed by atoms with Gasteiger partial charge < -0.3 is 10.1 Å². The molecular weight excluding hydrogens is 222 g/mol. The number of hydrogen-bond donors (Lipinski definition) is 1. The molecule has 1 N–H and O–H groups in total. The van der Waals surface area contributed by atoms with Crippen molar-refractivity contribution in [2.75, 3.05) is 19.0 Å². The van der Waals surface area contributed by atoms with Crippen LogP contribution in [0, 0.1) is 0 Å². The van der Waals surface area contributed by atoms with Gasteiger partial charge in [0, 0.05) is 25.6 Å². The second-order valence-corrected chi connectivity index (χ2v) is 3.19. The van der Waals surface area contributed by atoms with Crippen LogP contribution in [-0.4, -0.2) is 39.4 Å². The van der Waals surface area contributed by atoms with Gasteiger partial charge in [-0.3, -0.25) is 4.79 Å². The largest absolute Gasteiger partial charge is 0.375 e. The van der Waals surface area contributed by atoms with Crippen molar-refractivity contribution in [2.45, 2.75) is 0 Å². The van der Waals surface area contributed by atoms with Crippen LogP contribution in [0.5, 0.6) is 0 Å². The molecule has 0 radical (unpaired) electrons. The minimum absolute atomic E-state index is 0.0128. The van der Waals surface area contributed by atoms with Gasteiger partial charge in [-0.05, 0) is 6.07 Å². The number of carbonyl (C=O) groups excluding carboxylic acids is 1. The second-order valence-electron chi connectivity index (χ2n) is 3.19. The molecule has 0 saturated heterocycles. The van der Waals surface area contributed by atoms with E-state index >= 15 is 0 Å². The monoisotopic (exact) mass is 233 g/mol. The molecule has 0 aliphatic rings. The van der Waals surface area contributed by atoms with E-state index in [0.29, 0.717) is 11.6 Å². The van der Waals surface area contributed by atoms with Crippen LogP contribution in [0.3, 0.4) is 0 Å². The molecule has 7 heteroatoms. The molecule has 17 heavy (non-hydrogen) atoms. The minimum Gasteiger partial charge on any atom is -0.375 e. The van der Waals surface area contributed by atoms with Gasteiger partial charge in [0.25, 0.3) is 5.91 Å². The van der Waals surface area contributed by atoms with Crippen molar-refractivity contribution in [1.82, 2.24) is 19.7 Å². The minimum atomic E-state index is -0.266. The smallest absolute Gasteiger partial charge is 0.251 e. The van der Waals surface area contributed by atoms with Crippen molar-refractivity contribution in [2.24, 2.45) is 0 Å². The molecule has 88 valence electrons. The molecular formula is C10H11N5O2. The maximum atomic E-state index is 11.3. The number of carbonyl (C=O) groups is 1. The van der Waals surface area contributed by atoms with Gasteiger partial charge in [0.2, 0.25) is 0 Å². The first kappa shape index (κ1) is 11.2. The molecule has 0 atom stereocenters. The maximum Gasteiger partial charge on any atom is 0.251 e. The highest BCUT2D eigenvalue weighted by molar-refractivity contribution is 5.90. The lowest BCUT2D eigenvalue weighted by Gasteiger charge is -2.05. The number of methoxy groups -OCH3 is 1. The Morgan fingerprint density at radius 1 is 1.53 bits per heavy atom. The number of anilines is 1. The van der Waals surface area contributed by atoms with Crippen molar-refractivity contribution in [3.8, 4) is 5.82 Å². The summed E-state index contributed by atoms with van der Waals surface area (Å²) in [5.41, 5.74) is 0. The summed E-state index contributed by atoms with van der Waals surface area (Å²) in [5, 5.41) is 6.62. The molecule has 0 spiro atoms. The summed E-state index contributed by atoms with van der Waals surface area (Å²) in [4.78, 5) is 19.3. The number of amides is 1. The summed E-state index contributed by atoms with van der Waals surface area (Å²) in [7, 11) is 1.45. The first-order chi connectivity index (χ1) is 8.29. The SMILES string of the molecule is COCC(=O)Nc1cc(-n2cccn2)ncn1. The average Bonchev–Trinajstić information content (AvgIpc) is 2.83. The van der Waals surface area contributed by atoms with Gasteiger partial charge >= 0.3 is 0 Å². The molecule has 0 aromatic carbocycles. The number of rotatable bonds is 4. The van der Waals surface area contributed by atoms with Gasteiger partial charge in [-0.2, -0.15) is 5.10 Å². The van der Waals surface area contributed by atoms with Gasteiger partial charge in [0.1, 0.15) is 18.8 Å². The van der Waals surface area contributed by atoms with Crippen molar-refractivity contribution in [3.05, 3.63) is 30.9 Å². The van der Waals surface area contributed by atoms with E-state index in [1.54, 1.807) is 29.2 Å². The molecule has 0 saturated carbocycles. The highest BCUT2D eigenvalue weighted by atomic mass is 16.5. The third kappa shape index (κ3) is 2.85. The van der Waals surface area contributed by atoms with Crippen LogP contribution < -0.4 is 5.32 Å². The Bertz CT molecular complexity index is 497. The standard InChI is InChI=1S/C10H11N5O2/c1-17-6-10(16)14-8-5-9(12-7-11-8)15-4-2-3-13-15/h2-5,7H,6H2,1H3,(H,11,12,14,16). The van der Waals surface area contributed by atoms with Crippen LogP contribution in [0.4, 0.5) is 5.82 Å². The highest BCUT2D eigenvalue weighted by Crippen LogP contribution is 2.07. The summed E-state index contributed by atoms with van der Waals surface area (Å²) >= 11 is 0. The number of ether oxygens (including phenoxy) is 1. The van der Waals surface area contributed by atoms with Gasteiger partial charge in [0.15, 0.2) is 5.82 Å². The Labute approximate surface area is 97.5 Å². The Morgan fingerprint density at radius 2 is 2.41 bits per heavy atom. The molecule has 2 heterocycles. The van der Waals surface area contributed by atoms with Crippen LogP contribution >= 0.6 is 0 Å². The lowest BCUT2D eigenvalue weighted by molar-refractivity contribution is -0.119. The van der Waals surface area contributed by atoms with E-state index in [4.69, 9.17) is 4.74 Å². The lowest BCUT2D eigenvalue weighted by Crippen LogP contribution is -2.18. The molecule has 1 amide bonds. The Balaban J connectivity index is 2.15. The fraction of sp³-hybridized carbons (Fsp3) is 0.200. The Hall–Kier alpha value is -2.28. The lowest BCUT2D eigenvalue weighted by atomic mass is 10.5. The number of nitrogens with one attached hydrogen (secondary N) is 1. The molecule has 2 rings (SSSR count). The number of hydrogen-bond acceptors (Lipinski definition) is 5. The zero-order valence-corrected chi connectivity index (χ0v) is 9.20. The van der Waals surface area contributed by atoms with Crippen LogP contribution in [0.25, 0.3) is 5.82 Å². The van der Waals surface area contributed by atoms with Crippen LogP contribution in [0.2, 0.25) is 0 Å². The van der Waals surface area contributed by atoms with Crippen molar-refractivity contribution in [3.63, 3.8) is 0 Å². The fourth-order valence-electron chi connectivity index (χ4n) is 1.26. The van der Waals surface area contributed by atoms with Crippen molar-refractivity contribution >= 4 is 11.7 Å². The molecule has 7 nitrogen and oxygen atoms in total. The van der Waals surface area contributed by atoms with E-state index in [2.05, 4.69) is 20.4 Å². The van der Waals surface area contributed by atoms with Gasteiger partial charge in [-0.15, -0.1) is 0 Å². The van der Waals surface area contributed by atoms with Crippen molar-refractivity contribution in [1.29, 1.82) is 0 Å². The van der Waals surface area contributed by atoms with E-state index in [1.807, 2.05) is 0 Å². The summed E-state index contributed by atoms with van der Waals surface area (Å²) < 4.78 is 6.28. The van der Waals surface area contributed by atoms with E-state index in [1.165, 1.54) is 13.4 Å². The third-order valence-corrected chi connectivity index (χ3v) is 1.93. The van der Waals surface area contributed by atoms with Crippen LogP contribution in [0.1, 0.15) is 0 Å².